The number of rotatable bonds is 4. The molecule has 0 aromatic rings. The minimum absolute atomic E-state index is 0. The van der Waals surface area contributed by atoms with Crippen molar-refractivity contribution in [2.45, 2.75) is 18.3 Å². The first-order valence-corrected chi connectivity index (χ1v) is 2.73. The predicted molar refractivity (Wildman–Crippen MR) is 31.2 cm³/mol. The molecule has 0 aromatic heterocycles. The van der Waals surface area contributed by atoms with Gasteiger partial charge in [-0.05, 0) is 0 Å². The third-order valence-corrected chi connectivity index (χ3v) is 1.07. The van der Waals surface area contributed by atoms with Crippen LogP contribution in [0.3, 0.4) is 0 Å². The Labute approximate surface area is 74.4 Å². The van der Waals surface area contributed by atoms with Crippen LogP contribution in [0.15, 0.2) is 0 Å². The first kappa shape index (κ1) is 13.6. The molecule has 0 rings (SSSR count). The van der Waals surface area contributed by atoms with E-state index >= 15 is 0 Å². The summed E-state index contributed by atoms with van der Waals surface area (Å²) in [6, 6.07) is 0. The van der Waals surface area contributed by atoms with Gasteiger partial charge in [-0.15, -0.1) is 0 Å². The molecule has 11 heavy (non-hydrogen) atoms. The molecule has 0 fully saturated rings. The van der Waals surface area contributed by atoms with Gasteiger partial charge in [-0.25, -0.2) is 0 Å². The molecule has 3 atom stereocenters. The molecule has 5 nitrogen and oxygen atoms in total. The molecular weight excluding hydrogens is 192 g/mol. The summed E-state index contributed by atoms with van der Waals surface area (Å²) in [5.74, 6) is 0. The summed E-state index contributed by atoms with van der Waals surface area (Å²) in [6.45, 7) is -0.688. The largest absolute Gasteiger partial charge is 0.394 e. The molecule has 0 aliphatic heterocycles. The monoisotopic (exact) mass is 202 g/mol. The second kappa shape index (κ2) is 6.73. The average molecular weight is 202 g/mol. The first-order chi connectivity index (χ1) is 4.63. The van der Waals surface area contributed by atoms with Crippen LogP contribution in [0.2, 0.25) is 0 Å². The van der Waals surface area contributed by atoms with E-state index in [1.54, 1.807) is 0 Å². The summed E-state index contributed by atoms with van der Waals surface area (Å²) in [7, 11) is 0. The van der Waals surface area contributed by atoms with Crippen LogP contribution in [-0.4, -0.2) is 51.6 Å². The van der Waals surface area contributed by atoms with E-state index in [4.69, 9.17) is 20.4 Å². The standard InChI is InChI=1S/C5H10O5.Cr/c6-1-3(8)5(10)4(9)2-7;/h1,3-5,7-10H,2H2;. The van der Waals surface area contributed by atoms with Crippen LogP contribution in [0.25, 0.3) is 0 Å². The number of aliphatic hydroxyl groups is 4. The summed E-state index contributed by atoms with van der Waals surface area (Å²) >= 11 is 0. The third kappa shape index (κ3) is 4.48. The average Bonchev–Trinajstić information content (AvgIpc) is 2.00. The zero-order valence-corrected chi connectivity index (χ0v) is 6.90. The van der Waals surface area contributed by atoms with Gasteiger partial charge in [0.15, 0.2) is 6.29 Å². The van der Waals surface area contributed by atoms with Crippen molar-refractivity contribution in [3.05, 3.63) is 0 Å². The molecule has 0 heterocycles. The smallest absolute Gasteiger partial charge is 0.151 e. The summed E-state index contributed by atoms with van der Waals surface area (Å²) in [4.78, 5) is 9.76. The van der Waals surface area contributed by atoms with Crippen LogP contribution >= 0.6 is 0 Å². The van der Waals surface area contributed by atoms with E-state index in [1.165, 1.54) is 0 Å². The summed E-state index contributed by atoms with van der Waals surface area (Å²) in [6.07, 6.45) is -4.63. The van der Waals surface area contributed by atoms with Crippen molar-refractivity contribution in [2.24, 2.45) is 0 Å². The van der Waals surface area contributed by atoms with Gasteiger partial charge in [0, 0.05) is 17.4 Å². The molecule has 0 spiro atoms. The number of hydrogen-bond donors (Lipinski definition) is 4. The molecule has 0 bridgehead atoms. The molecule has 66 valence electrons. The van der Waals surface area contributed by atoms with Crippen molar-refractivity contribution < 1.29 is 42.6 Å². The Kier molecular flexibility index (Phi) is 8.34. The molecule has 0 aliphatic rings. The predicted octanol–water partition coefficient (Wildman–Crippen LogP) is -2.74. The van der Waals surface area contributed by atoms with Crippen molar-refractivity contribution in [3.63, 3.8) is 0 Å². The van der Waals surface area contributed by atoms with Gasteiger partial charge in [-0.2, -0.15) is 0 Å². The fourth-order valence-corrected chi connectivity index (χ4v) is 0.416. The van der Waals surface area contributed by atoms with Crippen molar-refractivity contribution in [3.8, 4) is 0 Å². The number of carbonyl (C=O) groups excluding carboxylic acids is 1. The van der Waals surface area contributed by atoms with Gasteiger partial charge in [0.05, 0.1) is 6.61 Å². The Morgan fingerprint density at radius 2 is 1.73 bits per heavy atom. The van der Waals surface area contributed by atoms with E-state index in [9.17, 15) is 4.79 Å². The molecule has 0 aromatic carbocycles. The molecule has 0 amide bonds. The Morgan fingerprint density at radius 1 is 1.27 bits per heavy atom. The zero-order valence-electron chi connectivity index (χ0n) is 5.62. The molecule has 0 saturated heterocycles. The first-order valence-electron chi connectivity index (χ1n) is 2.73. The van der Waals surface area contributed by atoms with E-state index in [0.717, 1.165) is 0 Å². The second-order valence-electron chi connectivity index (χ2n) is 1.87. The summed E-state index contributed by atoms with van der Waals surface area (Å²) < 4.78 is 0. The van der Waals surface area contributed by atoms with Crippen LogP contribution in [-0.2, 0) is 22.2 Å². The fraction of sp³-hybridized carbons (Fsp3) is 0.800. The van der Waals surface area contributed by atoms with Gasteiger partial charge in [0.25, 0.3) is 0 Å². The molecule has 4 N–H and O–H groups in total. The molecule has 0 aliphatic carbocycles. The van der Waals surface area contributed by atoms with E-state index in [0.29, 0.717) is 0 Å². The van der Waals surface area contributed by atoms with Crippen molar-refractivity contribution in [2.75, 3.05) is 6.61 Å². The SMILES string of the molecule is O=CC(O)C(O)C(O)CO.[Cr]. The van der Waals surface area contributed by atoms with E-state index in [-0.39, 0.29) is 23.6 Å². The van der Waals surface area contributed by atoms with Gasteiger partial charge < -0.3 is 25.2 Å². The minimum Gasteiger partial charge on any atom is -0.394 e. The van der Waals surface area contributed by atoms with Crippen LogP contribution in [0.4, 0.5) is 0 Å². The van der Waals surface area contributed by atoms with Gasteiger partial charge in [-0.1, -0.05) is 0 Å². The Bertz CT molecular complexity index is 109. The Morgan fingerprint density at radius 3 is 2.00 bits per heavy atom. The Hall–Kier alpha value is 0.0425. The molecular formula is C5H10CrO5. The van der Waals surface area contributed by atoms with E-state index in [2.05, 4.69) is 0 Å². The van der Waals surface area contributed by atoms with Crippen LogP contribution in [0.5, 0.6) is 0 Å². The number of aliphatic hydroxyl groups excluding tert-OH is 4. The third-order valence-electron chi connectivity index (χ3n) is 1.07. The van der Waals surface area contributed by atoms with E-state index < -0.39 is 24.9 Å². The number of carbonyl (C=O) groups is 1. The Balaban J connectivity index is 0. The van der Waals surface area contributed by atoms with Crippen LogP contribution in [0.1, 0.15) is 0 Å². The molecule has 0 radical (unpaired) electrons. The molecule has 3 unspecified atom stereocenters. The minimum atomic E-state index is -1.64. The van der Waals surface area contributed by atoms with Crippen molar-refractivity contribution in [1.29, 1.82) is 0 Å². The van der Waals surface area contributed by atoms with Crippen LogP contribution in [0, 0.1) is 0 Å². The molecule has 0 saturated carbocycles. The zero-order chi connectivity index (χ0) is 8.15. The topological polar surface area (TPSA) is 98.0 Å². The van der Waals surface area contributed by atoms with Crippen LogP contribution < -0.4 is 0 Å². The second-order valence-corrected chi connectivity index (χ2v) is 1.87. The van der Waals surface area contributed by atoms with Gasteiger partial charge >= 0.3 is 0 Å². The summed E-state index contributed by atoms with van der Waals surface area (Å²) in [5.41, 5.74) is 0. The summed E-state index contributed by atoms with van der Waals surface area (Å²) in [5, 5.41) is 34.1. The maximum atomic E-state index is 9.76. The van der Waals surface area contributed by atoms with E-state index in [1.807, 2.05) is 0 Å². The maximum absolute atomic E-state index is 9.76. The fourth-order valence-electron chi connectivity index (χ4n) is 0.416. The maximum Gasteiger partial charge on any atom is 0.151 e. The number of hydrogen-bond acceptors (Lipinski definition) is 5. The quantitative estimate of drug-likeness (QED) is 0.371. The van der Waals surface area contributed by atoms with Crippen molar-refractivity contribution >= 4 is 6.29 Å². The van der Waals surface area contributed by atoms with Crippen molar-refractivity contribution in [1.82, 2.24) is 0 Å². The molecule has 6 heteroatoms. The van der Waals surface area contributed by atoms with Gasteiger partial charge in [0.1, 0.15) is 18.3 Å². The number of aldehydes is 1. The normalized spacial score (nSPS) is 17.8. The van der Waals surface area contributed by atoms with Gasteiger partial charge in [0.2, 0.25) is 0 Å². The van der Waals surface area contributed by atoms with Gasteiger partial charge in [-0.3, -0.25) is 0 Å².